The van der Waals surface area contributed by atoms with Gasteiger partial charge in [-0.2, -0.15) is 0 Å². The summed E-state index contributed by atoms with van der Waals surface area (Å²) in [6.07, 6.45) is 0. The third-order valence-electron chi connectivity index (χ3n) is 12.0. The highest BCUT2D eigenvalue weighted by atomic mass is 16.6. The number of hydrogen-bond acceptors (Lipinski definition) is 6. The van der Waals surface area contributed by atoms with Crippen LogP contribution in [-0.4, -0.2) is 15.0 Å². The average molecular weight is 774 g/mol. The molecule has 0 unspecified atom stereocenters. The van der Waals surface area contributed by atoms with Gasteiger partial charge >= 0.3 is 0 Å². The van der Waals surface area contributed by atoms with Crippen LogP contribution < -0.4 is 9.47 Å². The molecule has 0 saturated heterocycles. The second-order valence-electron chi connectivity index (χ2n) is 16.0. The van der Waals surface area contributed by atoms with Gasteiger partial charge in [0.2, 0.25) is 0 Å². The van der Waals surface area contributed by atoms with Crippen molar-refractivity contribution < 1.29 is 13.9 Å². The number of nitrogens with zero attached hydrogens (tertiary/aromatic N) is 3. The predicted molar refractivity (Wildman–Crippen MR) is 238 cm³/mol. The van der Waals surface area contributed by atoms with E-state index in [0.717, 1.165) is 60.9 Å². The first-order chi connectivity index (χ1) is 29.5. The maximum atomic E-state index is 6.66. The van der Waals surface area contributed by atoms with Gasteiger partial charge in [0.05, 0.1) is 0 Å². The number of benzene rings is 8. The quantitative estimate of drug-likeness (QED) is 0.173. The Bertz CT molecular complexity index is 3350. The van der Waals surface area contributed by atoms with Crippen molar-refractivity contribution in [1.29, 1.82) is 0 Å². The minimum Gasteiger partial charge on any atom is -0.455 e. The summed E-state index contributed by atoms with van der Waals surface area (Å²) in [4.78, 5) is 15.3. The van der Waals surface area contributed by atoms with Gasteiger partial charge in [-0.1, -0.05) is 159 Å². The molecule has 2 aromatic heterocycles. The van der Waals surface area contributed by atoms with E-state index >= 15 is 0 Å². The van der Waals surface area contributed by atoms with E-state index in [1.165, 1.54) is 22.3 Å². The number of hydrogen-bond donors (Lipinski definition) is 0. The highest BCUT2D eigenvalue weighted by molar-refractivity contribution is 6.09. The van der Waals surface area contributed by atoms with Gasteiger partial charge in [0.1, 0.15) is 11.2 Å². The smallest absolute Gasteiger partial charge is 0.170 e. The lowest BCUT2D eigenvalue weighted by atomic mass is 9.82. The van der Waals surface area contributed by atoms with Crippen LogP contribution >= 0.6 is 0 Å². The molecule has 0 spiro atoms. The van der Waals surface area contributed by atoms with E-state index in [1.807, 2.05) is 72.8 Å². The molecule has 6 heteroatoms. The van der Waals surface area contributed by atoms with Crippen LogP contribution in [0.4, 0.5) is 0 Å². The number of ether oxygens (including phenoxy) is 2. The van der Waals surface area contributed by atoms with Gasteiger partial charge in [-0.3, -0.25) is 0 Å². The van der Waals surface area contributed by atoms with E-state index in [9.17, 15) is 0 Å². The minimum absolute atomic E-state index is 0.153. The summed E-state index contributed by atoms with van der Waals surface area (Å²) in [5, 5.41) is 2.21. The molecule has 0 bridgehead atoms. The van der Waals surface area contributed by atoms with Crippen molar-refractivity contribution in [2.24, 2.45) is 0 Å². The van der Waals surface area contributed by atoms with E-state index < -0.39 is 0 Å². The largest absolute Gasteiger partial charge is 0.455 e. The van der Waals surface area contributed by atoms with E-state index in [2.05, 4.69) is 117 Å². The third kappa shape index (κ3) is 5.38. The van der Waals surface area contributed by atoms with Crippen LogP contribution in [0.3, 0.4) is 0 Å². The maximum Gasteiger partial charge on any atom is 0.170 e. The Hall–Kier alpha value is -7.83. The van der Waals surface area contributed by atoms with Crippen LogP contribution in [0.2, 0.25) is 0 Å². The van der Waals surface area contributed by atoms with E-state index in [-0.39, 0.29) is 5.41 Å². The van der Waals surface area contributed by atoms with Gasteiger partial charge in [0.15, 0.2) is 40.5 Å². The predicted octanol–water partition coefficient (Wildman–Crippen LogP) is 14.3. The Labute approximate surface area is 346 Å². The molecule has 0 atom stereocenters. The molecule has 1 aliphatic heterocycles. The first kappa shape index (κ1) is 34.2. The van der Waals surface area contributed by atoms with Gasteiger partial charge in [0.25, 0.3) is 0 Å². The highest BCUT2D eigenvalue weighted by Gasteiger charge is 2.37. The van der Waals surface area contributed by atoms with Gasteiger partial charge in [0, 0.05) is 38.4 Å². The van der Waals surface area contributed by atoms with Crippen molar-refractivity contribution in [2.75, 3.05) is 0 Å². The maximum absolute atomic E-state index is 6.66. The van der Waals surface area contributed by atoms with Crippen LogP contribution in [0.25, 0.3) is 89.5 Å². The molecule has 0 fully saturated rings. The number of para-hydroxylation sites is 2. The Balaban J connectivity index is 0.921. The summed E-state index contributed by atoms with van der Waals surface area (Å²) < 4.78 is 19.6. The number of aromatic nitrogens is 3. The van der Waals surface area contributed by atoms with Crippen LogP contribution in [0, 0.1) is 0 Å². The highest BCUT2D eigenvalue weighted by Crippen LogP contribution is 2.55. The number of fused-ring (bicyclic) bond motifs is 8. The van der Waals surface area contributed by atoms with Gasteiger partial charge in [-0.15, -0.1) is 0 Å². The van der Waals surface area contributed by atoms with Gasteiger partial charge < -0.3 is 13.9 Å². The van der Waals surface area contributed by atoms with E-state index in [4.69, 9.17) is 28.8 Å². The molecular weight excluding hydrogens is 739 g/mol. The Morgan fingerprint density at radius 1 is 0.367 bits per heavy atom. The Morgan fingerprint density at radius 3 is 1.78 bits per heavy atom. The zero-order valence-electron chi connectivity index (χ0n) is 32.8. The van der Waals surface area contributed by atoms with Crippen molar-refractivity contribution in [1.82, 2.24) is 15.0 Å². The second-order valence-corrected chi connectivity index (χ2v) is 16.0. The SMILES string of the molecule is CC1(C)c2ccccc2-c2cc3c(cc21)Oc1cc(-c2ccccc2-c2nc(-c4ccccc4)nc(-c4ccc(-c5cccc6c5oc5ccccc56)cc4)n2)ccc1O3. The molecule has 8 aromatic carbocycles. The zero-order valence-corrected chi connectivity index (χ0v) is 32.8. The van der Waals surface area contributed by atoms with Crippen LogP contribution in [0.1, 0.15) is 25.0 Å². The van der Waals surface area contributed by atoms with Crippen molar-refractivity contribution in [3.63, 3.8) is 0 Å². The van der Waals surface area contributed by atoms with Crippen molar-refractivity contribution in [3.8, 4) is 90.5 Å². The fraction of sp³-hybridized carbons (Fsp3) is 0.0556. The molecule has 3 heterocycles. The molecule has 10 aromatic rings. The van der Waals surface area contributed by atoms with E-state index in [0.29, 0.717) is 40.5 Å². The van der Waals surface area contributed by atoms with Crippen LogP contribution in [0.5, 0.6) is 23.0 Å². The molecule has 0 saturated carbocycles. The Kier molecular flexibility index (Phi) is 7.47. The van der Waals surface area contributed by atoms with Crippen molar-refractivity contribution >= 4 is 21.9 Å². The first-order valence-corrected chi connectivity index (χ1v) is 20.2. The zero-order chi connectivity index (χ0) is 40.0. The first-order valence-electron chi connectivity index (χ1n) is 20.2. The molecule has 0 amide bonds. The van der Waals surface area contributed by atoms with Crippen LogP contribution in [-0.2, 0) is 5.41 Å². The summed E-state index contributed by atoms with van der Waals surface area (Å²) in [6.45, 7) is 4.54. The monoisotopic (exact) mass is 773 g/mol. The number of furan rings is 1. The molecular formula is C54H35N3O3. The average Bonchev–Trinajstić information content (AvgIpc) is 3.79. The molecule has 60 heavy (non-hydrogen) atoms. The summed E-state index contributed by atoms with van der Waals surface area (Å²) in [5.74, 6) is 4.50. The minimum atomic E-state index is -0.153. The summed E-state index contributed by atoms with van der Waals surface area (Å²) in [6, 6.07) is 60.1. The lowest BCUT2D eigenvalue weighted by Crippen LogP contribution is -2.15. The second kappa shape index (κ2) is 13.1. The lowest BCUT2D eigenvalue weighted by molar-refractivity contribution is 0.359. The molecule has 0 N–H and O–H groups in total. The molecule has 12 rings (SSSR count). The fourth-order valence-electron chi connectivity index (χ4n) is 8.99. The summed E-state index contributed by atoms with van der Waals surface area (Å²) in [7, 11) is 0. The standard InChI is InChI=1S/C54H35N3O3/c1-54(2)43-21-10-8-16-38(43)42-30-48-49(31-44(42)54)59-47-29-35(27-28-46(47)58-48)36-15-6-7-18-41(36)53-56-51(33-13-4-3-5-14-33)55-52(57-53)34-25-23-32(24-26-34)37-19-12-20-40-39-17-9-11-22-45(39)60-50(37)40/h3-31H,1-2H3. The number of rotatable bonds is 5. The molecule has 2 aliphatic rings. The van der Waals surface area contributed by atoms with Gasteiger partial charge in [-0.25, -0.2) is 15.0 Å². The molecule has 1 aliphatic carbocycles. The molecule has 284 valence electrons. The van der Waals surface area contributed by atoms with E-state index in [1.54, 1.807) is 0 Å². The summed E-state index contributed by atoms with van der Waals surface area (Å²) >= 11 is 0. The van der Waals surface area contributed by atoms with Crippen LogP contribution in [0.15, 0.2) is 180 Å². The fourth-order valence-corrected chi connectivity index (χ4v) is 8.99. The Morgan fingerprint density at radius 2 is 0.950 bits per heavy atom. The normalized spacial score (nSPS) is 13.2. The van der Waals surface area contributed by atoms with Gasteiger partial charge in [-0.05, 0) is 69.3 Å². The van der Waals surface area contributed by atoms with Crippen molar-refractivity contribution in [2.45, 2.75) is 19.3 Å². The lowest BCUT2D eigenvalue weighted by Gasteiger charge is -2.25. The molecule has 6 nitrogen and oxygen atoms in total. The third-order valence-corrected chi connectivity index (χ3v) is 12.0. The topological polar surface area (TPSA) is 70.3 Å². The van der Waals surface area contributed by atoms with Crippen molar-refractivity contribution in [3.05, 3.63) is 187 Å². The summed E-state index contributed by atoms with van der Waals surface area (Å²) in [5.41, 5.74) is 13.2. The molecule has 0 radical (unpaired) electrons.